The Hall–Kier alpha value is -2.06. The third kappa shape index (κ3) is 3.64. The van der Waals surface area contributed by atoms with Crippen LogP contribution in [0.5, 0.6) is 0 Å². The predicted molar refractivity (Wildman–Crippen MR) is 102 cm³/mol. The maximum atomic E-state index is 12.2. The van der Waals surface area contributed by atoms with Crippen LogP contribution in [0.15, 0.2) is 6.20 Å². The first-order valence-electron chi connectivity index (χ1n) is 8.15. The zero-order valence-corrected chi connectivity index (χ0v) is 16.3. The highest BCUT2D eigenvalue weighted by molar-refractivity contribution is 7.20. The monoisotopic (exact) mass is 376 g/mol. The molecule has 6 nitrogen and oxygen atoms in total. The van der Waals surface area contributed by atoms with Crippen molar-refractivity contribution in [2.75, 3.05) is 11.9 Å². The van der Waals surface area contributed by atoms with Crippen LogP contribution in [-0.4, -0.2) is 27.5 Å². The molecule has 0 aliphatic rings. The van der Waals surface area contributed by atoms with Crippen LogP contribution in [-0.2, 0) is 17.7 Å². The molecule has 0 aromatic carbocycles. The molecular weight excluding hydrogens is 356 g/mol. The summed E-state index contributed by atoms with van der Waals surface area (Å²) in [5.74, 6) is 1.10. The maximum Gasteiger partial charge on any atom is 0.348 e. The highest BCUT2D eigenvalue weighted by Gasteiger charge is 2.21. The summed E-state index contributed by atoms with van der Waals surface area (Å²) in [5, 5.41) is 5.25. The van der Waals surface area contributed by atoms with Crippen LogP contribution < -0.4 is 5.32 Å². The summed E-state index contributed by atoms with van der Waals surface area (Å²) < 4.78 is 5.15. The molecule has 3 heterocycles. The number of fused-ring (bicyclic) bond motifs is 1. The smallest absolute Gasteiger partial charge is 0.348 e. The van der Waals surface area contributed by atoms with E-state index in [-0.39, 0.29) is 5.97 Å². The molecule has 0 aliphatic carbocycles. The van der Waals surface area contributed by atoms with E-state index >= 15 is 0 Å². The first-order valence-corrected chi connectivity index (χ1v) is 9.79. The number of rotatable bonds is 6. The molecule has 0 amide bonds. The van der Waals surface area contributed by atoms with E-state index in [9.17, 15) is 4.79 Å². The predicted octanol–water partition coefficient (Wildman–Crippen LogP) is 4.12. The Kier molecular flexibility index (Phi) is 5.29. The van der Waals surface area contributed by atoms with Gasteiger partial charge in [-0.25, -0.2) is 19.7 Å². The number of nitrogens with zero attached hydrogens (tertiary/aromatic N) is 3. The van der Waals surface area contributed by atoms with E-state index in [1.165, 1.54) is 16.2 Å². The van der Waals surface area contributed by atoms with Gasteiger partial charge in [0.05, 0.1) is 18.5 Å². The summed E-state index contributed by atoms with van der Waals surface area (Å²) in [4.78, 5) is 28.2. The molecule has 3 rings (SSSR count). The lowest BCUT2D eigenvalue weighted by atomic mass is 10.2. The Morgan fingerprint density at radius 1 is 1.24 bits per heavy atom. The first-order chi connectivity index (χ1) is 12.0. The average molecular weight is 377 g/mol. The number of esters is 1. The number of thiazole rings is 1. The van der Waals surface area contributed by atoms with Gasteiger partial charge in [0.25, 0.3) is 0 Å². The zero-order valence-electron chi connectivity index (χ0n) is 14.7. The third-order valence-electron chi connectivity index (χ3n) is 3.72. The van der Waals surface area contributed by atoms with Crippen molar-refractivity contribution >= 4 is 44.7 Å². The van der Waals surface area contributed by atoms with Crippen molar-refractivity contribution in [2.45, 2.75) is 40.7 Å². The highest BCUT2D eigenvalue weighted by atomic mass is 32.1. The molecule has 0 bridgehead atoms. The van der Waals surface area contributed by atoms with Crippen molar-refractivity contribution < 1.29 is 9.53 Å². The molecule has 0 fully saturated rings. The van der Waals surface area contributed by atoms with E-state index in [1.807, 2.05) is 20.0 Å². The second kappa shape index (κ2) is 7.45. The molecular formula is C17H20N4O2S2. The minimum Gasteiger partial charge on any atom is -0.462 e. The van der Waals surface area contributed by atoms with Crippen molar-refractivity contribution in [2.24, 2.45) is 0 Å². The van der Waals surface area contributed by atoms with Gasteiger partial charge in [0.15, 0.2) is 0 Å². The van der Waals surface area contributed by atoms with Crippen LogP contribution in [0.3, 0.4) is 0 Å². The largest absolute Gasteiger partial charge is 0.462 e. The van der Waals surface area contributed by atoms with Gasteiger partial charge in [-0.3, -0.25) is 0 Å². The molecule has 0 radical (unpaired) electrons. The average Bonchev–Trinajstić information content (AvgIpc) is 3.17. The number of aryl methyl sites for hydroxylation is 3. The van der Waals surface area contributed by atoms with Crippen LogP contribution in [0.25, 0.3) is 10.2 Å². The standard InChI is InChI=1S/C17H20N4O2S2/c1-5-11-7-18-12(24-11)8-19-15-13-9(3)14(17(22)23-6-2)25-16(13)21-10(4)20-15/h7H,5-6,8H2,1-4H3,(H,19,20,21). The van der Waals surface area contributed by atoms with Gasteiger partial charge in [0, 0.05) is 11.1 Å². The number of nitrogens with one attached hydrogen (secondary N) is 1. The number of thiophene rings is 1. The van der Waals surface area contributed by atoms with Crippen molar-refractivity contribution in [1.82, 2.24) is 15.0 Å². The summed E-state index contributed by atoms with van der Waals surface area (Å²) in [7, 11) is 0. The molecule has 0 atom stereocenters. The number of carbonyl (C=O) groups is 1. The summed E-state index contributed by atoms with van der Waals surface area (Å²) in [6.45, 7) is 8.63. The number of ether oxygens (including phenoxy) is 1. The molecule has 0 spiro atoms. The fraction of sp³-hybridized carbons (Fsp3) is 0.412. The fourth-order valence-corrected chi connectivity index (χ4v) is 4.44. The van der Waals surface area contributed by atoms with E-state index in [1.54, 1.807) is 18.3 Å². The summed E-state index contributed by atoms with van der Waals surface area (Å²) in [6.07, 6.45) is 2.90. The van der Waals surface area contributed by atoms with E-state index in [4.69, 9.17) is 4.74 Å². The van der Waals surface area contributed by atoms with Gasteiger partial charge in [0.1, 0.15) is 26.4 Å². The number of hydrogen-bond donors (Lipinski definition) is 1. The fourth-order valence-electron chi connectivity index (χ4n) is 2.52. The Morgan fingerprint density at radius 2 is 2.04 bits per heavy atom. The van der Waals surface area contributed by atoms with Crippen molar-refractivity contribution in [3.05, 3.63) is 32.3 Å². The lowest BCUT2D eigenvalue weighted by Crippen LogP contribution is -2.05. The van der Waals surface area contributed by atoms with Gasteiger partial charge < -0.3 is 10.1 Å². The molecule has 0 saturated carbocycles. The van der Waals surface area contributed by atoms with Gasteiger partial charge in [-0.1, -0.05) is 6.92 Å². The second-order valence-corrected chi connectivity index (χ2v) is 7.70. The molecule has 3 aromatic rings. The minimum atomic E-state index is -0.306. The van der Waals surface area contributed by atoms with Crippen molar-refractivity contribution in [3.63, 3.8) is 0 Å². The van der Waals surface area contributed by atoms with E-state index in [0.717, 1.165) is 33.0 Å². The third-order valence-corrected chi connectivity index (χ3v) is 6.03. The SMILES string of the molecule is CCOC(=O)c1sc2nc(C)nc(NCc3ncc(CC)s3)c2c1C. The molecule has 25 heavy (non-hydrogen) atoms. The molecule has 3 aromatic heterocycles. The highest BCUT2D eigenvalue weighted by Crippen LogP contribution is 2.34. The number of carbonyl (C=O) groups excluding carboxylic acids is 1. The first kappa shape index (κ1) is 17.8. The summed E-state index contributed by atoms with van der Waals surface area (Å²) in [5.41, 5.74) is 0.856. The second-order valence-electron chi connectivity index (χ2n) is 5.50. The Labute approximate surface area is 154 Å². The van der Waals surface area contributed by atoms with E-state index in [2.05, 4.69) is 27.2 Å². The van der Waals surface area contributed by atoms with Gasteiger partial charge in [-0.2, -0.15) is 0 Å². The van der Waals surface area contributed by atoms with E-state index < -0.39 is 0 Å². The van der Waals surface area contributed by atoms with Crippen LogP contribution >= 0.6 is 22.7 Å². The maximum absolute atomic E-state index is 12.2. The van der Waals surface area contributed by atoms with Crippen LogP contribution in [0.2, 0.25) is 0 Å². The van der Waals surface area contributed by atoms with E-state index in [0.29, 0.717) is 23.9 Å². The van der Waals surface area contributed by atoms with Crippen molar-refractivity contribution in [3.8, 4) is 0 Å². The number of aromatic nitrogens is 3. The van der Waals surface area contributed by atoms with Gasteiger partial charge >= 0.3 is 5.97 Å². The normalized spacial score (nSPS) is 11.0. The quantitative estimate of drug-likeness (QED) is 0.652. The zero-order chi connectivity index (χ0) is 18.0. The van der Waals surface area contributed by atoms with Gasteiger partial charge in [-0.15, -0.1) is 22.7 Å². The van der Waals surface area contributed by atoms with Crippen LogP contribution in [0, 0.1) is 13.8 Å². The Morgan fingerprint density at radius 3 is 2.72 bits per heavy atom. The van der Waals surface area contributed by atoms with Crippen LogP contribution in [0.4, 0.5) is 5.82 Å². The molecule has 1 N–H and O–H groups in total. The van der Waals surface area contributed by atoms with Gasteiger partial charge in [0.2, 0.25) is 0 Å². The number of anilines is 1. The molecule has 132 valence electrons. The molecule has 0 unspecified atom stereocenters. The summed E-state index contributed by atoms with van der Waals surface area (Å²) in [6, 6.07) is 0. The number of hydrogen-bond acceptors (Lipinski definition) is 8. The molecule has 0 aliphatic heterocycles. The van der Waals surface area contributed by atoms with Gasteiger partial charge in [-0.05, 0) is 32.8 Å². The topological polar surface area (TPSA) is 77.0 Å². The Balaban J connectivity index is 1.94. The molecule has 8 heteroatoms. The minimum absolute atomic E-state index is 0.306. The van der Waals surface area contributed by atoms with Crippen molar-refractivity contribution in [1.29, 1.82) is 0 Å². The summed E-state index contributed by atoms with van der Waals surface area (Å²) >= 11 is 3.05. The lowest BCUT2D eigenvalue weighted by molar-refractivity contribution is 0.0531. The van der Waals surface area contributed by atoms with Crippen LogP contribution in [0.1, 0.15) is 44.8 Å². The molecule has 0 saturated heterocycles. The lowest BCUT2D eigenvalue weighted by Gasteiger charge is -2.07. The Bertz CT molecular complexity index is 917.